The maximum Gasteiger partial charge on any atom is 0.311 e. The number of rotatable bonds is 7. The van der Waals surface area contributed by atoms with E-state index in [0.717, 1.165) is 0 Å². The van der Waals surface area contributed by atoms with Gasteiger partial charge in [0.15, 0.2) is 5.76 Å². The lowest BCUT2D eigenvalue weighted by Gasteiger charge is -2.06. The number of esters is 1. The Bertz CT molecular complexity index is 275. The van der Waals surface area contributed by atoms with Crippen LogP contribution in [0.2, 0.25) is 0 Å². The molecule has 0 bridgehead atoms. The summed E-state index contributed by atoms with van der Waals surface area (Å²) in [7, 11) is 1.30. The Kier molecular flexibility index (Phi) is 7.40. The minimum atomic E-state index is -1.11. The number of carboxylic acids is 1. The van der Waals surface area contributed by atoms with E-state index in [1.165, 1.54) is 24.3 Å². The van der Waals surface area contributed by atoms with Crippen LogP contribution in [-0.4, -0.2) is 35.2 Å². The molecule has 0 radical (unpaired) electrons. The summed E-state index contributed by atoms with van der Waals surface area (Å²) < 4.78 is 4.51. The van der Waals surface area contributed by atoms with E-state index in [2.05, 4.69) is 9.62 Å². The molecule has 6 nitrogen and oxygen atoms in total. The average molecular weight is 250 g/mol. The summed E-state index contributed by atoms with van der Waals surface area (Å²) in [5, 5.41) is 18.1. The number of carbonyl (C=O) groups is 2. The van der Waals surface area contributed by atoms with Crippen molar-refractivity contribution in [2.24, 2.45) is 5.92 Å². The predicted octanol–water partition coefficient (Wildman–Crippen LogP) is 1.33. The second kappa shape index (κ2) is 8.00. The lowest BCUT2D eigenvalue weighted by atomic mass is 10.2. The fourth-order valence-corrected chi connectivity index (χ4v) is 1.63. The molecule has 0 fully saturated rings. The summed E-state index contributed by atoms with van der Waals surface area (Å²) in [6, 6.07) is 0. The predicted molar refractivity (Wildman–Crippen MR) is 57.7 cm³/mol. The lowest BCUT2D eigenvalue weighted by Crippen LogP contribution is -2.14. The first-order valence-corrected chi connectivity index (χ1v) is 5.47. The van der Waals surface area contributed by atoms with Crippen LogP contribution in [0.25, 0.3) is 0 Å². The van der Waals surface area contributed by atoms with E-state index in [1.54, 1.807) is 6.92 Å². The Hall–Kier alpha value is -1.21. The van der Waals surface area contributed by atoms with Gasteiger partial charge >= 0.3 is 11.9 Å². The van der Waals surface area contributed by atoms with Gasteiger partial charge in [0.25, 0.3) is 0 Å². The van der Waals surface area contributed by atoms with Crippen molar-refractivity contribution >= 4 is 23.7 Å². The first-order valence-electron chi connectivity index (χ1n) is 4.43. The molecule has 0 aromatic heterocycles. The van der Waals surface area contributed by atoms with Crippen LogP contribution in [0.5, 0.6) is 0 Å². The zero-order valence-corrected chi connectivity index (χ0v) is 9.82. The number of thioether (sulfide) groups is 1. The largest absolute Gasteiger partial charge is 0.481 e. The second-order valence-electron chi connectivity index (χ2n) is 3.00. The van der Waals surface area contributed by atoms with E-state index in [1.807, 2.05) is 0 Å². The number of carboxylic acid groups (broad SMARTS) is 1. The molecule has 0 aliphatic rings. The van der Waals surface area contributed by atoms with Crippen molar-refractivity contribution in [3.63, 3.8) is 0 Å². The zero-order valence-electron chi connectivity index (χ0n) is 9.00. The van der Waals surface area contributed by atoms with E-state index >= 15 is 0 Å². The highest BCUT2D eigenvalue weighted by Gasteiger charge is 2.13. The Labute approximate surface area is 97.2 Å². The van der Waals surface area contributed by atoms with Gasteiger partial charge in [0.2, 0.25) is 0 Å². The van der Waals surface area contributed by atoms with Crippen LogP contribution in [0.3, 0.4) is 0 Å². The molecule has 0 aliphatic carbocycles. The van der Waals surface area contributed by atoms with Gasteiger partial charge in [-0.2, -0.15) is 0 Å². The van der Waals surface area contributed by atoms with Crippen molar-refractivity contribution < 1.29 is 29.6 Å². The minimum Gasteiger partial charge on any atom is -0.481 e. The first kappa shape index (κ1) is 14.8. The molecule has 0 heterocycles. The topological polar surface area (TPSA) is 93.1 Å². The maximum atomic E-state index is 11.0. The van der Waals surface area contributed by atoms with Crippen molar-refractivity contribution in [1.82, 2.24) is 0 Å². The highest BCUT2D eigenvalue weighted by atomic mass is 32.2. The van der Waals surface area contributed by atoms with Crippen molar-refractivity contribution in [3.8, 4) is 0 Å². The van der Waals surface area contributed by atoms with Crippen LogP contribution >= 0.6 is 11.8 Å². The highest BCUT2D eigenvalue weighted by molar-refractivity contribution is 8.02. The van der Waals surface area contributed by atoms with Crippen LogP contribution in [0.15, 0.2) is 11.2 Å². The van der Waals surface area contributed by atoms with Gasteiger partial charge in [-0.25, -0.2) is 5.26 Å². The van der Waals surface area contributed by atoms with Gasteiger partial charge in [0.1, 0.15) is 6.42 Å². The second-order valence-corrected chi connectivity index (χ2v) is 3.91. The summed E-state index contributed by atoms with van der Waals surface area (Å²) in [6.07, 6.45) is -0.407. The Morgan fingerprint density at radius 2 is 2.12 bits per heavy atom. The molecule has 1 atom stereocenters. The van der Waals surface area contributed by atoms with E-state index in [9.17, 15) is 9.59 Å². The van der Waals surface area contributed by atoms with Gasteiger partial charge in [-0.05, 0) is 0 Å². The standard InChI is InChI=1S/C9H14O6S/c1-6(9(12)14-2)4-16-5-7(15-13)3-8(10)11/h5-6,13H,3-4H2,1-2H3,(H,10,11)/b7-5+. The van der Waals surface area contributed by atoms with E-state index in [-0.39, 0.29) is 17.6 Å². The molecular weight excluding hydrogens is 236 g/mol. The quantitative estimate of drug-likeness (QED) is 0.305. The van der Waals surface area contributed by atoms with Crippen molar-refractivity contribution in [2.75, 3.05) is 12.9 Å². The van der Waals surface area contributed by atoms with Gasteiger partial charge in [-0.3, -0.25) is 9.59 Å². The number of hydrogen-bond acceptors (Lipinski definition) is 6. The Balaban J connectivity index is 4.05. The smallest absolute Gasteiger partial charge is 0.311 e. The van der Waals surface area contributed by atoms with Crippen molar-refractivity contribution in [3.05, 3.63) is 11.2 Å². The fourth-order valence-electron chi connectivity index (χ4n) is 0.799. The molecule has 0 saturated heterocycles. The van der Waals surface area contributed by atoms with E-state index < -0.39 is 12.4 Å². The number of ether oxygens (including phenoxy) is 1. The van der Waals surface area contributed by atoms with Crippen LogP contribution in [-0.2, 0) is 19.2 Å². The molecule has 2 N–H and O–H groups in total. The van der Waals surface area contributed by atoms with Crippen LogP contribution in [0, 0.1) is 5.92 Å². The van der Waals surface area contributed by atoms with Crippen LogP contribution < -0.4 is 0 Å². The van der Waals surface area contributed by atoms with E-state index in [4.69, 9.17) is 10.4 Å². The molecule has 92 valence electrons. The molecule has 0 rings (SSSR count). The van der Waals surface area contributed by atoms with Gasteiger partial charge in [0, 0.05) is 11.2 Å². The first-order chi connectivity index (χ1) is 7.51. The molecule has 16 heavy (non-hydrogen) atoms. The maximum absolute atomic E-state index is 11.0. The molecule has 7 heteroatoms. The van der Waals surface area contributed by atoms with Gasteiger partial charge < -0.3 is 14.7 Å². The average Bonchev–Trinajstić information content (AvgIpc) is 2.25. The van der Waals surface area contributed by atoms with Gasteiger partial charge in [-0.1, -0.05) is 6.92 Å². The van der Waals surface area contributed by atoms with E-state index in [0.29, 0.717) is 5.75 Å². The number of carbonyl (C=O) groups excluding carboxylic acids is 1. The SMILES string of the molecule is COC(=O)C(C)CS/C=C(\CC(=O)O)OO. The van der Waals surface area contributed by atoms with Crippen LogP contribution in [0.1, 0.15) is 13.3 Å². The third-order valence-electron chi connectivity index (χ3n) is 1.61. The summed E-state index contributed by atoms with van der Waals surface area (Å²) in [5.74, 6) is -1.42. The Morgan fingerprint density at radius 3 is 2.56 bits per heavy atom. The molecule has 1 unspecified atom stereocenters. The van der Waals surface area contributed by atoms with Crippen LogP contribution in [0.4, 0.5) is 0 Å². The number of aliphatic carboxylic acids is 1. The van der Waals surface area contributed by atoms with Gasteiger partial charge in [0.05, 0.1) is 13.0 Å². The summed E-state index contributed by atoms with van der Waals surface area (Å²) in [6.45, 7) is 1.68. The monoisotopic (exact) mass is 250 g/mol. The molecular formula is C9H14O6S. The Morgan fingerprint density at radius 1 is 1.50 bits per heavy atom. The normalized spacial score (nSPS) is 13.1. The zero-order chi connectivity index (χ0) is 12.6. The van der Waals surface area contributed by atoms with Crippen molar-refractivity contribution in [1.29, 1.82) is 0 Å². The minimum absolute atomic E-state index is 0.0745. The third kappa shape index (κ3) is 6.31. The highest BCUT2D eigenvalue weighted by Crippen LogP contribution is 2.15. The molecule has 0 aromatic carbocycles. The molecule has 0 amide bonds. The third-order valence-corrected chi connectivity index (χ3v) is 2.73. The summed E-state index contributed by atoms with van der Waals surface area (Å²) in [5.41, 5.74) is 0. The summed E-state index contributed by atoms with van der Waals surface area (Å²) in [4.78, 5) is 25.2. The molecule has 0 spiro atoms. The number of methoxy groups -OCH3 is 1. The fraction of sp³-hybridized carbons (Fsp3) is 0.556. The number of hydrogen-bond donors (Lipinski definition) is 2. The molecule has 0 saturated carbocycles. The molecule has 0 aliphatic heterocycles. The lowest BCUT2D eigenvalue weighted by molar-refractivity contribution is -0.206. The van der Waals surface area contributed by atoms with Gasteiger partial charge in [-0.15, -0.1) is 11.8 Å². The molecule has 0 aromatic rings. The van der Waals surface area contributed by atoms with Crippen molar-refractivity contribution in [2.45, 2.75) is 13.3 Å². The summed E-state index contributed by atoms with van der Waals surface area (Å²) >= 11 is 1.17.